The van der Waals surface area contributed by atoms with Crippen molar-refractivity contribution in [2.24, 2.45) is 0 Å². The summed E-state index contributed by atoms with van der Waals surface area (Å²) in [4.78, 5) is 19.0. The summed E-state index contributed by atoms with van der Waals surface area (Å²) in [5.74, 6) is 0.818. The van der Waals surface area contributed by atoms with E-state index in [0.29, 0.717) is 23.2 Å². The minimum absolute atomic E-state index is 0.300. The number of aliphatic carboxylic acids is 1. The lowest BCUT2D eigenvalue weighted by Crippen LogP contribution is -2.30. The average Bonchev–Trinajstić information content (AvgIpc) is 2.22. The molecular formula is C10H14ClN3O2S. The Morgan fingerprint density at radius 3 is 2.88 bits per heavy atom. The number of nitrogens with zero attached hydrogens (tertiary/aromatic N) is 2. The smallest absolute Gasteiger partial charge is 0.326 e. The molecule has 0 saturated carbocycles. The standard InChI is InChI=1S/C10H14ClN3O2S/c1-6-12-8(11)5-9(13-6)14-7(10(15)16)3-4-17-2/h5,7H,3-4H2,1-2H3,(H,15,16)(H,12,13,14)/t7-/m1/s1. The second-order valence-corrected chi connectivity index (χ2v) is 4.81. The molecule has 94 valence electrons. The Hall–Kier alpha value is -1.01. The van der Waals surface area contributed by atoms with Gasteiger partial charge in [0.05, 0.1) is 0 Å². The van der Waals surface area contributed by atoms with E-state index in [-0.39, 0.29) is 0 Å². The first-order valence-corrected chi connectivity index (χ1v) is 6.79. The monoisotopic (exact) mass is 275 g/mol. The first-order valence-electron chi connectivity index (χ1n) is 5.02. The first kappa shape index (κ1) is 14.1. The van der Waals surface area contributed by atoms with Gasteiger partial charge in [0.25, 0.3) is 0 Å². The normalized spacial score (nSPS) is 12.2. The lowest BCUT2D eigenvalue weighted by molar-refractivity contribution is -0.137. The number of halogens is 1. The van der Waals surface area contributed by atoms with Crippen LogP contribution in [0.1, 0.15) is 12.2 Å². The van der Waals surface area contributed by atoms with Gasteiger partial charge in [0.1, 0.15) is 22.8 Å². The Morgan fingerprint density at radius 2 is 2.35 bits per heavy atom. The van der Waals surface area contributed by atoms with Gasteiger partial charge in [0.2, 0.25) is 0 Å². The van der Waals surface area contributed by atoms with Crippen molar-refractivity contribution >= 4 is 35.1 Å². The number of nitrogens with one attached hydrogen (secondary N) is 1. The van der Waals surface area contributed by atoms with E-state index in [1.807, 2.05) is 6.26 Å². The minimum atomic E-state index is -0.897. The van der Waals surface area contributed by atoms with Crippen LogP contribution in [0.2, 0.25) is 5.15 Å². The van der Waals surface area contributed by atoms with Crippen molar-refractivity contribution in [1.29, 1.82) is 0 Å². The first-order chi connectivity index (χ1) is 8.02. The van der Waals surface area contributed by atoms with Gasteiger partial charge >= 0.3 is 5.97 Å². The second-order valence-electron chi connectivity index (χ2n) is 3.44. The second kappa shape index (κ2) is 6.66. The third-order valence-corrected chi connectivity index (χ3v) is 2.88. The topological polar surface area (TPSA) is 75.1 Å². The van der Waals surface area contributed by atoms with E-state index in [4.69, 9.17) is 16.7 Å². The summed E-state index contributed by atoms with van der Waals surface area (Å²) in [6.45, 7) is 1.70. The number of aryl methyl sites for hydroxylation is 1. The van der Waals surface area contributed by atoms with Gasteiger partial charge in [-0.2, -0.15) is 11.8 Å². The third-order valence-electron chi connectivity index (χ3n) is 2.04. The average molecular weight is 276 g/mol. The van der Waals surface area contributed by atoms with Gasteiger partial charge < -0.3 is 10.4 Å². The predicted octanol–water partition coefficient (Wildman–Crippen LogP) is 2.06. The van der Waals surface area contributed by atoms with Crippen molar-refractivity contribution in [3.63, 3.8) is 0 Å². The van der Waals surface area contributed by atoms with E-state index >= 15 is 0 Å². The Bertz CT molecular complexity index is 383. The molecule has 0 fully saturated rings. The van der Waals surface area contributed by atoms with E-state index in [9.17, 15) is 4.79 Å². The summed E-state index contributed by atoms with van der Waals surface area (Å²) < 4.78 is 0. The van der Waals surface area contributed by atoms with Crippen LogP contribution in [0.3, 0.4) is 0 Å². The van der Waals surface area contributed by atoms with Crippen LogP contribution < -0.4 is 5.32 Å². The summed E-state index contributed by atoms with van der Waals surface area (Å²) in [6.07, 6.45) is 2.46. The number of aromatic nitrogens is 2. The Labute approximate surface area is 109 Å². The highest BCUT2D eigenvalue weighted by Crippen LogP contribution is 2.14. The quantitative estimate of drug-likeness (QED) is 0.774. The highest BCUT2D eigenvalue weighted by atomic mass is 35.5. The van der Waals surface area contributed by atoms with Crippen molar-refractivity contribution in [3.05, 3.63) is 17.0 Å². The molecule has 0 aromatic carbocycles. The predicted molar refractivity (Wildman–Crippen MR) is 69.8 cm³/mol. The maximum Gasteiger partial charge on any atom is 0.326 e. The Morgan fingerprint density at radius 1 is 1.65 bits per heavy atom. The van der Waals surface area contributed by atoms with Crippen molar-refractivity contribution in [2.75, 3.05) is 17.3 Å². The third kappa shape index (κ3) is 4.79. The fraction of sp³-hybridized carbons (Fsp3) is 0.500. The number of carboxylic acids is 1. The summed E-state index contributed by atoms with van der Waals surface area (Å²) in [6, 6.07) is 0.858. The lowest BCUT2D eigenvalue weighted by atomic mass is 10.2. The van der Waals surface area contributed by atoms with Gasteiger partial charge in [-0.25, -0.2) is 14.8 Å². The molecule has 0 unspecified atom stereocenters. The van der Waals surface area contributed by atoms with Crippen molar-refractivity contribution in [2.45, 2.75) is 19.4 Å². The number of carbonyl (C=O) groups is 1. The largest absolute Gasteiger partial charge is 0.480 e. The van der Waals surface area contributed by atoms with Crippen LogP contribution >= 0.6 is 23.4 Å². The number of rotatable bonds is 6. The zero-order valence-corrected chi connectivity index (χ0v) is 11.2. The van der Waals surface area contributed by atoms with Gasteiger partial charge in [-0.3, -0.25) is 0 Å². The molecule has 0 saturated heterocycles. The highest BCUT2D eigenvalue weighted by Gasteiger charge is 2.17. The highest BCUT2D eigenvalue weighted by molar-refractivity contribution is 7.98. The number of hydrogen-bond acceptors (Lipinski definition) is 5. The molecule has 1 rings (SSSR count). The van der Waals surface area contributed by atoms with Gasteiger partial charge in [0.15, 0.2) is 0 Å². The molecule has 1 atom stereocenters. The van der Waals surface area contributed by atoms with Crippen LogP contribution in [-0.2, 0) is 4.79 Å². The minimum Gasteiger partial charge on any atom is -0.480 e. The molecule has 17 heavy (non-hydrogen) atoms. The molecule has 0 aliphatic carbocycles. The molecule has 2 N–H and O–H groups in total. The number of anilines is 1. The van der Waals surface area contributed by atoms with Crippen LogP contribution in [0.4, 0.5) is 5.82 Å². The van der Waals surface area contributed by atoms with Crippen LogP contribution in [0, 0.1) is 6.92 Å². The van der Waals surface area contributed by atoms with E-state index in [0.717, 1.165) is 5.75 Å². The zero-order valence-electron chi connectivity index (χ0n) is 9.61. The van der Waals surface area contributed by atoms with Gasteiger partial charge in [-0.15, -0.1) is 0 Å². The molecule has 1 aromatic heterocycles. The van der Waals surface area contributed by atoms with Crippen LogP contribution in [0.5, 0.6) is 0 Å². The molecule has 0 spiro atoms. The maximum atomic E-state index is 11.0. The summed E-state index contributed by atoms with van der Waals surface area (Å²) in [5, 5.41) is 12.2. The number of hydrogen-bond donors (Lipinski definition) is 2. The number of carboxylic acid groups (broad SMARTS) is 1. The lowest BCUT2D eigenvalue weighted by Gasteiger charge is -2.14. The molecule has 0 aliphatic rings. The molecular weight excluding hydrogens is 262 g/mol. The molecule has 1 aromatic rings. The van der Waals surface area contributed by atoms with Crippen LogP contribution in [0.15, 0.2) is 6.07 Å². The van der Waals surface area contributed by atoms with Gasteiger partial charge in [-0.1, -0.05) is 11.6 Å². The molecule has 0 bridgehead atoms. The van der Waals surface area contributed by atoms with E-state index in [2.05, 4.69) is 15.3 Å². The van der Waals surface area contributed by atoms with Gasteiger partial charge in [-0.05, 0) is 25.4 Å². The maximum absolute atomic E-state index is 11.0. The fourth-order valence-corrected chi connectivity index (χ4v) is 1.97. The Kier molecular flexibility index (Phi) is 5.50. The molecule has 7 heteroatoms. The van der Waals surface area contributed by atoms with Crippen LogP contribution in [-0.4, -0.2) is 39.1 Å². The van der Waals surface area contributed by atoms with Crippen molar-refractivity contribution in [3.8, 4) is 0 Å². The van der Waals surface area contributed by atoms with Gasteiger partial charge in [0, 0.05) is 6.07 Å². The van der Waals surface area contributed by atoms with E-state index < -0.39 is 12.0 Å². The van der Waals surface area contributed by atoms with Crippen molar-refractivity contribution < 1.29 is 9.90 Å². The molecule has 0 aliphatic heterocycles. The molecule has 1 heterocycles. The summed E-state index contributed by atoms with van der Waals surface area (Å²) in [5.41, 5.74) is 0. The van der Waals surface area contributed by atoms with E-state index in [1.54, 1.807) is 18.7 Å². The van der Waals surface area contributed by atoms with Crippen molar-refractivity contribution in [1.82, 2.24) is 9.97 Å². The molecule has 0 radical (unpaired) electrons. The number of thioether (sulfide) groups is 1. The molecule has 5 nitrogen and oxygen atoms in total. The Balaban J connectivity index is 2.74. The zero-order chi connectivity index (χ0) is 12.8. The van der Waals surface area contributed by atoms with Crippen LogP contribution in [0.25, 0.3) is 0 Å². The summed E-state index contributed by atoms with van der Waals surface area (Å²) >= 11 is 7.38. The SMILES string of the molecule is CSCC[C@@H](Nc1cc(Cl)nc(C)n1)C(=O)O. The van der Waals surface area contributed by atoms with E-state index in [1.165, 1.54) is 6.07 Å². The molecule has 0 amide bonds. The summed E-state index contributed by atoms with van der Waals surface area (Å²) in [7, 11) is 0. The fourth-order valence-electron chi connectivity index (χ4n) is 1.28.